The van der Waals surface area contributed by atoms with Crippen molar-refractivity contribution < 1.29 is 0 Å². The zero-order valence-corrected chi connectivity index (χ0v) is 37.5. The molecule has 0 spiro atoms. The van der Waals surface area contributed by atoms with E-state index in [4.69, 9.17) is 10.2 Å². The fourth-order valence-electron chi connectivity index (χ4n) is 9.79. The van der Waals surface area contributed by atoms with E-state index in [-0.39, 0.29) is 0 Å². The molecule has 0 aliphatic carbocycles. The Labute approximate surface area is 379 Å². The molecule has 0 atom stereocenters. The first kappa shape index (κ1) is 38.5. The SMILES string of the molecule is c1ccc(-c2cn(-c3cc[c]([Ge]([c]4ccccc4)([c]4ccccc4)[c]4ccc(-n5cc(-c6ccccc6)c6c5cnn6-c5ccccc5)cc4)cc3)c3cnn(-c4ccccc4)c23)cc1. The molecule has 8 aromatic carbocycles. The molecular formula is C58H42GeN6. The Morgan fingerprint density at radius 3 is 0.954 bits per heavy atom. The number of hydrogen-bond donors (Lipinski definition) is 0. The van der Waals surface area contributed by atoms with Gasteiger partial charge in [0.25, 0.3) is 0 Å². The van der Waals surface area contributed by atoms with Crippen molar-refractivity contribution in [1.82, 2.24) is 28.7 Å². The Bertz CT molecular complexity index is 3300. The molecule has 7 heteroatoms. The van der Waals surface area contributed by atoms with E-state index in [1.165, 1.54) is 17.6 Å². The number of hydrogen-bond acceptors (Lipinski definition) is 2. The fourth-order valence-corrected chi connectivity index (χ4v) is 19.7. The molecule has 0 saturated carbocycles. The van der Waals surface area contributed by atoms with Crippen LogP contribution in [-0.2, 0) is 0 Å². The second-order valence-electron chi connectivity index (χ2n) is 16.4. The predicted octanol–water partition coefficient (Wildman–Crippen LogP) is 10.7. The van der Waals surface area contributed by atoms with E-state index in [2.05, 4.69) is 249 Å². The van der Waals surface area contributed by atoms with E-state index >= 15 is 0 Å². The average molecular weight is 896 g/mol. The first-order chi connectivity index (χ1) is 32.3. The van der Waals surface area contributed by atoms with Gasteiger partial charge in [-0.05, 0) is 0 Å². The summed E-state index contributed by atoms with van der Waals surface area (Å²) in [5, 5.41) is 9.90. The van der Waals surface area contributed by atoms with Gasteiger partial charge in [-0.25, -0.2) is 0 Å². The third-order valence-electron chi connectivity index (χ3n) is 12.8. The monoisotopic (exact) mass is 896 g/mol. The van der Waals surface area contributed by atoms with Crippen LogP contribution in [0.5, 0.6) is 0 Å². The zero-order valence-electron chi connectivity index (χ0n) is 35.4. The van der Waals surface area contributed by atoms with Crippen LogP contribution < -0.4 is 17.6 Å². The number of nitrogens with zero attached hydrogens (tertiary/aromatic N) is 6. The van der Waals surface area contributed by atoms with E-state index in [1.807, 2.05) is 24.5 Å². The number of benzene rings is 8. The van der Waals surface area contributed by atoms with Gasteiger partial charge in [-0.3, -0.25) is 0 Å². The van der Waals surface area contributed by atoms with Crippen molar-refractivity contribution >= 4 is 52.9 Å². The Morgan fingerprint density at radius 1 is 0.292 bits per heavy atom. The molecular weight excluding hydrogens is 853 g/mol. The molecule has 12 rings (SSSR count). The van der Waals surface area contributed by atoms with Gasteiger partial charge in [-0.2, -0.15) is 0 Å². The van der Waals surface area contributed by atoms with Gasteiger partial charge in [0.05, 0.1) is 0 Å². The molecule has 4 heterocycles. The summed E-state index contributed by atoms with van der Waals surface area (Å²) in [4.78, 5) is 0. The van der Waals surface area contributed by atoms with Gasteiger partial charge >= 0.3 is 382 Å². The summed E-state index contributed by atoms with van der Waals surface area (Å²) in [5.41, 5.74) is 13.1. The molecule has 0 radical (unpaired) electrons. The maximum absolute atomic E-state index is 4.95. The van der Waals surface area contributed by atoms with Crippen molar-refractivity contribution in [3.8, 4) is 45.0 Å². The third-order valence-corrected chi connectivity index (χ3v) is 22.9. The standard InChI is InChI=1S/C58H42GeN6/c1-7-19-43(20-8-1)53-41-62(55-39-60-64(57(53)55)51-27-15-5-16-28-51)49-35-31-47(32-36-49)59(45-23-11-3-12-24-45,46-25-13-4-14-26-46)48-33-37-50(38-34-48)63-42-54(44-21-9-2-10-22-44)58-56(63)40-61-65(58)52-29-17-6-18-30-52/h1-42H. The topological polar surface area (TPSA) is 45.5 Å². The molecule has 0 aliphatic rings. The molecule has 0 fully saturated rings. The Morgan fingerprint density at radius 2 is 0.600 bits per heavy atom. The van der Waals surface area contributed by atoms with Crippen LogP contribution >= 0.6 is 0 Å². The second kappa shape index (κ2) is 16.2. The predicted molar refractivity (Wildman–Crippen MR) is 269 cm³/mol. The summed E-state index contributed by atoms with van der Waals surface area (Å²) in [6.45, 7) is 0. The van der Waals surface area contributed by atoms with Crippen LogP contribution in [0.1, 0.15) is 0 Å². The summed E-state index contributed by atoms with van der Waals surface area (Å²) in [5.74, 6) is 0. The van der Waals surface area contributed by atoms with Crippen LogP contribution in [0.2, 0.25) is 0 Å². The number of rotatable bonds is 10. The van der Waals surface area contributed by atoms with Crippen LogP contribution in [0.15, 0.2) is 255 Å². The molecule has 0 saturated heterocycles. The van der Waals surface area contributed by atoms with Crippen molar-refractivity contribution in [1.29, 1.82) is 0 Å². The van der Waals surface area contributed by atoms with Crippen LogP contribution in [0.3, 0.4) is 0 Å². The van der Waals surface area contributed by atoms with Gasteiger partial charge in [0, 0.05) is 0 Å². The molecule has 0 N–H and O–H groups in total. The van der Waals surface area contributed by atoms with Crippen LogP contribution in [0.25, 0.3) is 67.1 Å². The van der Waals surface area contributed by atoms with Gasteiger partial charge in [-0.1, -0.05) is 0 Å². The first-order valence-electron chi connectivity index (χ1n) is 22.0. The molecule has 308 valence electrons. The number of para-hydroxylation sites is 2. The fraction of sp³-hybridized carbons (Fsp3) is 0. The summed E-state index contributed by atoms with van der Waals surface area (Å²) in [6, 6.07) is 83.2. The van der Waals surface area contributed by atoms with Crippen molar-refractivity contribution in [2.24, 2.45) is 0 Å². The molecule has 12 aromatic rings. The number of aromatic nitrogens is 6. The van der Waals surface area contributed by atoms with Crippen LogP contribution in [0, 0.1) is 0 Å². The molecule has 6 nitrogen and oxygen atoms in total. The summed E-state index contributed by atoms with van der Waals surface area (Å²) >= 11 is -3.67. The van der Waals surface area contributed by atoms with Crippen molar-refractivity contribution in [2.75, 3.05) is 0 Å². The van der Waals surface area contributed by atoms with Crippen LogP contribution in [-0.4, -0.2) is 42.0 Å². The molecule has 0 bridgehead atoms. The van der Waals surface area contributed by atoms with E-state index < -0.39 is 13.3 Å². The normalized spacial score (nSPS) is 11.7. The van der Waals surface area contributed by atoms with E-state index in [9.17, 15) is 0 Å². The van der Waals surface area contributed by atoms with Gasteiger partial charge in [0.2, 0.25) is 0 Å². The molecule has 4 aromatic heterocycles. The molecule has 65 heavy (non-hydrogen) atoms. The molecule has 0 aliphatic heterocycles. The summed E-state index contributed by atoms with van der Waals surface area (Å²) in [6.07, 6.45) is 8.52. The van der Waals surface area contributed by atoms with Crippen molar-refractivity contribution in [3.05, 3.63) is 255 Å². The molecule has 0 amide bonds. The van der Waals surface area contributed by atoms with E-state index in [0.717, 1.165) is 67.1 Å². The van der Waals surface area contributed by atoms with Crippen molar-refractivity contribution in [2.45, 2.75) is 0 Å². The second-order valence-corrected chi connectivity index (χ2v) is 24.4. The quantitative estimate of drug-likeness (QED) is 0.128. The average Bonchev–Trinajstić information content (AvgIpc) is 4.19. The van der Waals surface area contributed by atoms with Gasteiger partial charge in [0.1, 0.15) is 0 Å². The Balaban J connectivity index is 1.01. The zero-order chi connectivity index (χ0) is 43.2. The van der Waals surface area contributed by atoms with Crippen LogP contribution in [0.4, 0.5) is 0 Å². The molecule has 0 unspecified atom stereocenters. The van der Waals surface area contributed by atoms with Gasteiger partial charge in [-0.15, -0.1) is 0 Å². The first-order valence-corrected chi connectivity index (χ1v) is 26.2. The van der Waals surface area contributed by atoms with E-state index in [1.54, 1.807) is 0 Å². The van der Waals surface area contributed by atoms with Gasteiger partial charge in [0.15, 0.2) is 0 Å². The minimum atomic E-state index is -3.67. The number of fused-ring (bicyclic) bond motifs is 2. The van der Waals surface area contributed by atoms with Gasteiger partial charge < -0.3 is 0 Å². The third kappa shape index (κ3) is 6.49. The van der Waals surface area contributed by atoms with E-state index in [0.29, 0.717) is 0 Å². The maximum atomic E-state index is 4.95. The Hall–Kier alpha value is -8.20. The summed E-state index contributed by atoms with van der Waals surface area (Å²) < 4.78 is 14.2. The Kier molecular flexibility index (Phi) is 9.57. The minimum absolute atomic E-state index is 1.03. The summed E-state index contributed by atoms with van der Waals surface area (Å²) in [7, 11) is 0. The van der Waals surface area contributed by atoms with Crippen molar-refractivity contribution in [3.63, 3.8) is 0 Å².